The van der Waals surface area contributed by atoms with Crippen molar-refractivity contribution in [3.8, 4) is 5.75 Å². The molecule has 1 aromatic carbocycles. The standard InChI is InChI=1S/C14H20N4O2/c1-4-16-12(19)8-18-10-6-5-7-11(20-9(2)3)13(10)17-14(18)15/h5-7,9H,4,8H2,1-3H3,(H2,15,17)(H,16,19). The molecule has 1 aromatic heterocycles. The molecule has 0 aliphatic carbocycles. The van der Waals surface area contributed by atoms with E-state index in [4.69, 9.17) is 10.5 Å². The lowest BCUT2D eigenvalue weighted by Crippen LogP contribution is -2.27. The Bertz CT molecular complexity index is 619. The van der Waals surface area contributed by atoms with Crippen LogP contribution in [0, 0.1) is 0 Å². The Morgan fingerprint density at radius 3 is 2.90 bits per heavy atom. The minimum atomic E-state index is -0.0892. The fourth-order valence-electron chi connectivity index (χ4n) is 2.05. The quantitative estimate of drug-likeness (QED) is 0.868. The number of rotatable bonds is 5. The van der Waals surface area contributed by atoms with E-state index in [9.17, 15) is 4.79 Å². The van der Waals surface area contributed by atoms with Crippen LogP contribution in [0.25, 0.3) is 11.0 Å². The zero-order valence-electron chi connectivity index (χ0n) is 12.0. The number of nitrogens with one attached hydrogen (secondary N) is 1. The predicted octanol–water partition coefficient (Wildman–Crippen LogP) is 1.54. The first-order chi connectivity index (χ1) is 9.52. The Morgan fingerprint density at radius 2 is 2.25 bits per heavy atom. The predicted molar refractivity (Wildman–Crippen MR) is 78.6 cm³/mol. The third kappa shape index (κ3) is 2.84. The molecule has 0 unspecified atom stereocenters. The van der Waals surface area contributed by atoms with E-state index in [-0.39, 0.29) is 18.6 Å². The van der Waals surface area contributed by atoms with Crippen LogP contribution in [0.4, 0.5) is 5.95 Å². The number of anilines is 1. The summed E-state index contributed by atoms with van der Waals surface area (Å²) in [7, 11) is 0. The first kappa shape index (κ1) is 14.2. The molecule has 108 valence electrons. The molecular weight excluding hydrogens is 256 g/mol. The fraction of sp³-hybridized carbons (Fsp3) is 0.429. The third-order valence-electron chi connectivity index (χ3n) is 2.81. The summed E-state index contributed by atoms with van der Waals surface area (Å²) < 4.78 is 7.40. The number of fused-ring (bicyclic) bond motifs is 1. The first-order valence-corrected chi connectivity index (χ1v) is 6.71. The summed E-state index contributed by atoms with van der Waals surface area (Å²) in [6.45, 7) is 6.53. The Kier molecular flexibility index (Phi) is 4.12. The second-order valence-corrected chi connectivity index (χ2v) is 4.80. The molecule has 0 aliphatic heterocycles. The van der Waals surface area contributed by atoms with Gasteiger partial charge in [-0.15, -0.1) is 0 Å². The van der Waals surface area contributed by atoms with E-state index in [1.54, 1.807) is 4.57 Å². The first-order valence-electron chi connectivity index (χ1n) is 6.71. The highest BCUT2D eigenvalue weighted by atomic mass is 16.5. The average molecular weight is 276 g/mol. The van der Waals surface area contributed by atoms with E-state index in [1.165, 1.54) is 0 Å². The number of carbonyl (C=O) groups is 1. The number of hydrogen-bond acceptors (Lipinski definition) is 4. The van der Waals surface area contributed by atoms with Gasteiger partial charge in [-0.1, -0.05) is 6.07 Å². The third-order valence-corrected chi connectivity index (χ3v) is 2.81. The Morgan fingerprint density at radius 1 is 1.50 bits per heavy atom. The number of carbonyl (C=O) groups excluding carboxylic acids is 1. The van der Waals surface area contributed by atoms with Gasteiger partial charge < -0.3 is 20.4 Å². The van der Waals surface area contributed by atoms with Crippen LogP contribution in [-0.4, -0.2) is 28.1 Å². The Labute approximate surface area is 117 Å². The number of likely N-dealkylation sites (N-methyl/N-ethyl adjacent to an activating group) is 1. The molecule has 0 saturated carbocycles. The van der Waals surface area contributed by atoms with Crippen molar-refractivity contribution in [1.82, 2.24) is 14.9 Å². The topological polar surface area (TPSA) is 82.2 Å². The Balaban J connectivity index is 2.41. The number of nitrogens with two attached hydrogens (primary N) is 1. The molecule has 1 heterocycles. The second-order valence-electron chi connectivity index (χ2n) is 4.80. The highest BCUT2D eigenvalue weighted by Crippen LogP contribution is 2.27. The van der Waals surface area contributed by atoms with Gasteiger partial charge in [0, 0.05) is 6.54 Å². The number of benzene rings is 1. The molecule has 6 heteroatoms. The summed E-state index contributed by atoms with van der Waals surface area (Å²) in [5.74, 6) is 0.901. The summed E-state index contributed by atoms with van der Waals surface area (Å²) >= 11 is 0. The van der Waals surface area contributed by atoms with E-state index >= 15 is 0 Å². The summed E-state index contributed by atoms with van der Waals surface area (Å²) in [5.41, 5.74) is 7.40. The van der Waals surface area contributed by atoms with Crippen molar-refractivity contribution in [2.75, 3.05) is 12.3 Å². The minimum Gasteiger partial charge on any atom is -0.489 e. The monoisotopic (exact) mass is 276 g/mol. The van der Waals surface area contributed by atoms with Crippen LogP contribution in [0.15, 0.2) is 18.2 Å². The number of imidazole rings is 1. The van der Waals surface area contributed by atoms with Gasteiger partial charge in [-0.3, -0.25) is 4.79 Å². The molecule has 3 N–H and O–H groups in total. The zero-order chi connectivity index (χ0) is 14.7. The summed E-state index contributed by atoms with van der Waals surface area (Å²) in [4.78, 5) is 16.0. The van der Waals surface area contributed by atoms with Crippen LogP contribution in [-0.2, 0) is 11.3 Å². The number of ether oxygens (including phenoxy) is 1. The number of para-hydroxylation sites is 1. The van der Waals surface area contributed by atoms with E-state index in [1.807, 2.05) is 39.0 Å². The number of amides is 1. The molecule has 0 saturated heterocycles. The molecule has 2 aromatic rings. The van der Waals surface area contributed by atoms with Gasteiger partial charge in [0.15, 0.2) is 0 Å². The van der Waals surface area contributed by atoms with E-state index in [0.717, 1.165) is 5.52 Å². The normalized spacial score (nSPS) is 11.0. The van der Waals surface area contributed by atoms with E-state index in [0.29, 0.717) is 23.8 Å². The van der Waals surface area contributed by atoms with Crippen molar-refractivity contribution in [2.45, 2.75) is 33.4 Å². The largest absolute Gasteiger partial charge is 0.489 e. The molecule has 0 aliphatic rings. The van der Waals surface area contributed by atoms with Gasteiger partial charge in [0.2, 0.25) is 11.9 Å². The molecule has 2 rings (SSSR count). The smallest absolute Gasteiger partial charge is 0.240 e. The van der Waals surface area contributed by atoms with Crippen LogP contribution in [0.2, 0.25) is 0 Å². The average Bonchev–Trinajstić information content (AvgIpc) is 2.67. The van der Waals surface area contributed by atoms with Crippen molar-refractivity contribution < 1.29 is 9.53 Å². The SMILES string of the molecule is CCNC(=O)Cn1c(N)nc2c(OC(C)C)cccc21. The summed E-state index contributed by atoms with van der Waals surface area (Å²) in [5, 5.41) is 2.75. The lowest BCUT2D eigenvalue weighted by atomic mass is 10.3. The van der Waals surface area contributed by atoms with E-state index < -0.39 is 0 Å². The van der Waals surface area contributed by atoms with Crippen LogP contribution in [0.5, 0.6) is 5.75 Å². The maximum absolute atomic E-state index is 11.7. The van der Waals surface area contributed by atoms with Gasteiger partial charge in [0.1, 0.15) is 17.8 Å². The molecule has 6 nitrogen and oxygen atoms in total. The fourth-order valence-corrected chi connectivity index (χ4v) is 2.05. The van der Waals surface area contributed by atoms with E-state index in [2.05, 4.69) is 10.3 Å². The van der Waals surface area contributed by atoms with Crippen molar-refractivity contribution >= 4 is 22.9 Å². The highest BCUT2D eigenvalue weighted by molar-refractivity contribution is 5.86. The van der Waals surface area contributed by atoms with Crippen LogP contribution >= 0.6 is 0 Å². The van der Waals surface area contributed by atoms with Crippen molar-refractivity contribution in [3.05, 3.63) is 18.2 Å². The summed E-state index contributed by atoms with van der Waals surface area (Å²) in [6.07, 6.45) is 0.0513. The molecule has 0 atom stereocenters. The lowest BCUT2D eigenvalue weighted by molar-refractivity contribution is -0.121. The molecule has 20 heavy (non-hydrogen) atoms. The number of hydrogen-bond donors (Lipinski definition) is 2. The minimum absolute atomic E-state index is 0.0513. The van der Waals surface area contributed by atoms with Crippen LogP contribution in [0.3, 0.4) is 0 Å². The van der Waals surface area contributed by atoms with Crippen LogP contribution < -0.4 is 15.8 Å². The van der Waals surface area contributed by atoms with Gasteiger partial charge in [0.25, 0.3) is 0 Å². The highest BCUT2D eigenvalue weighted by Gasteiger charge is 2.15. The zero-order valence-corrected chi connectivity index (χ0v) is 12.0. The number of aromatic nitrogens is 2. The van der Waals surface area contributed by atoms with Gasteiger partial charge in [-0.2, -0.15) is 0 Å². The second kappa shape index (κ2) is 5.81. The maximum atomic E-state index is 11.7. The van der Waals surface area contributed by atoms with Crippen molar-refractivity contribution in [2.24, 2.45) is 0 Å². The number of nitrogen functional groups attached to an aromatic ring is 1. The maximum Gasteiger partial charge on any atom is 0.240 e. The molecular formula is C14H20N4O2. The molecule has 0 spiro atoms. The summed E-state index contributed by atoms with van der Waals surface area (Å²) in [6, 6.07) is 5.60. The molecule has 0 fully saturated rings. The molecule has 1 amide bonds. The van der Waals surface area contributed by atoms with Gasteiger partial charge in [-0.05, 0) is 32.9 Å². The van der Waals surface area contributed by atoms with Gasteiger partial charge in [0.05, 0.1) is 11.6 Å². The molecule has 0 bridgehead atoms. The number of nitrogens with zero attached hydrogens (tertiary/aromatic N) is 2. The van der Waals surface area contributed by atoms with Gasteiger partial charge >= 0.3 is 0 Å². The Hall–Kier alpha value is -2.24. The van der Waals surface area contributed by atoms with Crippen molar-refractivity contribution in [1.29, 1.82) is 0 Å². The van der Waals surface area contributed by atoms with Crippen LogP contribution in [0.1, 0.15) is 20.8 Å². The van der Waals surface area contributed by atoms with Gasteiger partial charge in [-0.25, -0.2) is 4.98 Å². The lowest BCUT2D eigenvalue weighted by Gasteiger charge is -2.10. The molecule has 0 radical (unpaired) electrons. The van der Waals surface area contributed by atoms with Crippen molar-refractivity contribution in [3.63, 3.8) is 0 Å².